The first-order chi connectivity index (χ1) is 1.91. The predicted octanol–water partition coefficient (Wildman–Crippen LogP) is 1.74. The van der Waals surface area contributed by atoms with Gasteiger partial charge in [-0.3, -0.25) is 0 Å². The van der Waals surface area contributed by atoms with E-state index in [9.17, 15) is 0 Å². The maximum absolute atomic E-state index is 2.21. The van der Waals surface area contributed by atoms with Crippen molar-refractivity contribution in [2.45, 2.75) is 6.82 Å². The summed E-state index contributed by atoms with van der Waals surface area (Å²) in [6.07, 6.45) is 0. The van der Waals surface area contributed by atoms with Gasteiger partial charge in [0, 0.05) is 0 Å². The highest BCUT2D eigenvalue weighted by Gasteiger charge is 1.64. The Hall–Kier alpha value is 1.14. The van der Waals surface area contributed by atoms with E-state index in [1.54, 1.807) is 8.78 Å². The molecule has 0 aromatic heterocycles. The number of hydrogen-bond acceptors (Lipinski definition) is 1. The van der Waals surface area contributed by atoms with Crippen molar-refractivity contribution in [3.8, 4) is 0 Å². The van der Waals surface area contributed by atoms with Crippen LogP contribution >= 0.6 is 30.0 Å². The van der Waals surface area contributed by atoms with Crippen LogP contribution in [0.3, 0.4) is 0 Å². The molecule has 0 fully saturated rings. The fourth-order valence-electron chi connectivity index (χ4n) is 0. The summed E-state index contributed by atoms with van der Waals surface area (Å²) in [4.78, 5) is 0. The molecule has 1 radical (unpaired) electrons. The zero-order valence-corrected chi connectivity index (χ0v) is 5.34. The van der Waals surface area contributed by atoms with Gasteiger partial charge in [-0.25, -0.2) is 0 Å². The molecule has 0 N–H and O–H groups in total. The summed E-state index contributed by atoms with van der Waals surface area (Å²) in [5.41, 5.74) is 0. The molecule has 23 valence electrons. The van der Waals surface area contributed by atoms with Crippen molar-refractivity contribution in [3.63, 3.8) is 0 Å². The molecule has 0 nitrogen and oxygen atoms in total. The normalized spacial score (nSPS) is 6.50. The van der Waals surface area contributed by atoms with Crippen LogP contribution in [0.5, 0.6) is 0 Å². The van der Waals surface area contributed by atoms with Gasteiger partial charge in [0.1, 0.15) is 0 Å². The summed E-state index contributed by atoms with van der Waals surface area (Å²) >= 11 is 2.21. The molecule has 0 aromatic rings. The van der Waals surface area contributed by atoms with E-state index in [1.165, 1.54) is 0 Å². The molecular weight excluding hydrogens is 182 g/mol. The second kappa shape index (κ2) is 4.14. The Bertz CT molecular complexity index is 10.0. The Morgan fingerprint density at radius 2 is 2.25 bits per heavy atom. The lowest BCUT2D eigenvalue weighted by Gasteiger charge is -1.62. The van der Waals surface area contributed by atoms with Crippen LogP contribution in [0.15, 0.2) is 0 Å². The number of halogens is 1. The summed E-state index contributed by atoms with van der Waals surface area (Å²) in [5.74, 6) is 0. The molecule has 3 heteroatoms. The lowest BCUT2D eigenvalue weighted by molar-refractivity contribution is 2.38. The van der Waals surface area contributed by atoms with Gasteiger partial charge in [-0.2, -0.15) is 0 Å². The maximum Gasteiger partial charge on any atom is 0.203 e. The molecule has 0 heterocycles. The van der Waals surface area contributed by atoms with Crippen LogP contribution in [0.25, 0.3) is 0 Å². The predicted molar refractivity (Wildman–Crippen MR) is 33.2 cm³/mol. The van der Waals surface area contributed by atoms with E-state index < -0.39 is 0 Å². The van der Waals surface area contributed by atoms with Crippen molar-refractivity contribution in [3.05, 3.63) is 0 Å². The van der Waals surface area contributed by atoms with Crippen LogP contribution < -0.4 is 0 Å². The van der Waals surface area contributed by atoms with Gasteiger partial charge in [-0.15, -0.1) is 8.78 Å². The number of hydrogen-bond donors (Lipinski definition) is 0. The molecular formula is CH3BIS. The molecule has 0 unspecified atom stereocenters. The van der Waals surface area contributed by atoms with Crippen LogP contribution in [0.4, 0.5) is 0 Å². The third-order valence-electron chi connectivity index (χ3n) is 0.0891. The van der Waals surface area contributed by atoms with Gasteiger partial charge in [0.25, 0.3) is 0 Å². The van der Waals surface area contributed by atoms with Gasteiger partial charge in [-0.05, 0) is 21.2 Å². The molecule has 0 aliphatic carbocycles. The summed E-state index contributed by atoms with van der Waals surface area (Å²) in [6, 6.07) is 0. The van der Waals surface area contributed by atoms with Gasteiger partial charge >= 0.3 is 0 Å². The van der Waals surface area contributed by atoms with Crippen molar-refractivity contribution in [2.24, 2.45) is 0 Å². The van der Waals surface area contributed by atoms with Crippen molar-refractivity contribution in [2.75, 3.05) is 0 Å². The first kappa shape index (κ1) is 5.14. The molecule has 0 rings (SSSR count). The van der Waals surface area contributed by atoms with E-state index >= 15 is 0 Å². The summed E-state index contributed by atoms with van der Waals surface area (Å²) in [7, 11) is 1.70. The fraction of sp³-hybridized carbons (Fsp3) is 1.00. The van der Waals surface area contributed by atoms with Crippen molar-refractivity contribution >= 4 is 36.5 Å². The fourth-order valence-corrected chi connectivity index (χ4v) is 0. The highest BCUT2D eigenvalue weighted by molar-refractivity contribution is 14.2. The molecule has 0 aliphatic rings. The Balaban J connectivity index is 1.97. The Morgan fingerprint density at radius 3 is 2.25 bits per heavy atom. The molecule has 0 atom stereocenters. The zero-order chi connectivity index (χ0) is 3.41. The van der Waals surface area contributed by atoms with E-state index in [0.29, 0.717) is 0 Å². The average Bonchev–Trinajstić information content (AvgIpc) is 1.37. The average molecular weight is 185 g/mol. The molecule has 0 aromatic carbocycles. The van der Waals surface area contributed by atoms with Crippen molar-refractivity contribution in [1.29, 1.82) is 0 Å². The van der Waals surface area contributed by atoms with E-state index in [1.807, 2.05) is 13.4 Å². The van der Waals surface area contributed by atoms with E-state index in [-0.39, 0.29) is 0 Å². The van der Waals surface area contributed by atoms with Gasteiger partial charge in [-0.1, -0.05) is 6.82 Å². The minimum atomic E-state index is 1.70. The summed E-state index contributed by atoms with van der Waals surface area (Å²) < 4.78 is 0. The van der Waals surface area contributed by atoms with Crippen LogP contribution in [-0.2, 0) is 0 Å². The highest BCUT2D eigenvalue weighted by atomic mass is 127. The maximum atomic E-state index is 2.21. The quantitative estimate of drug-likeness (QED) is 0.442. The Labute approximate surface area is 43.5 Å². The van der Waals surface area contributed by atoms with E-state index in [2.05, 4.69) is 21.2 Å². The minimum Gasteiger partial charge on any atom is -0.149 e. The zero-order valence-electron chi connectivity index (χ0n) is 2.36. The molecule has 0 spiro atoms. The van der Waals surface area contributed by atoms with Gasteiger partial charge < -0.3 is 0 Å². The largest absolute Gasteiger partial charge is 0.203 e. The van der Waals surface area contributed by atoms with Crippen molar-refractivity contribution < 1.29 is 0 Å². The Kier molecular flexibility index (Phi) is 5.33. The summed E-state index contributed by atoms with van der Waals surface area (Å²) in [5, 5.41) is 0. The van der Waals surface area contributed by atoms with Crippen LogP contribution in [0.2, 0.25) is 6.82 Å². The van der Waals surface area contributed by atoms with E-state index in [0.717, 1.165) is 0 Å². The third kappa shape index (κ3) is 3.14. The molecule has 0 saturated heterocycles. The minimum absolute atomic E-state index is 1.70. The van der Waals surface area contributed by atoms with Crippen molar-refractivity contribution in [1.82, 2.24) is 0 Å². The smallest absolute Gasteiger partial charge is 0.149 e. The van der Waals surface area contributed by atoms with Gasteiger partial charge in [0.2, 0.25) is 6.56 Å². The lowest BCUT2D eigenvalue weighted by Crippen LogP contribution is -1.52. The first-order valence-corrected chi connectivity index (χ1v) is 4.39. The molecule has 0 amide bonds. The summed E-state index contributed by atoms with van der Waals surface area (Å²) in [6.45, 7) is 4.04. The van der Waals surface area contributed by atoms with Crippen LogP contribution in [-0.4, -0.2) is 6.56 Å². The molecule has 0 bridgehead atoms. The molecule has 0 saturated carbocycles. The SMILES string of the molecule is C[B]SI. The van der Waals surface area contributed by atoms with Crippen LogP contribution in [0.1, 0.15) is 0 Å². The third-order valence-corrected chi connectivity index (χ3v) is 1.79. The Morgan fingerprint density at radius 1 is 2.00 bits per heavy atom. The second-order valence-corrected chi connectivity index (χ2v) is 2.50. The monoisotopic (exact) mass is 185 g/mol. The van der Waals surface area contributed by atoms with Gasteiger partial charge in [0.05, 0.1) is 0 Å². The molecule has 0 aliphatic heterocycles. The molecule has 4 heavy (non-hydrogen) atoms. The number of rotatable bonds is 1. The van der Waals surface area contributed by atoms with E-state index in [4.69, 9.17) is 0 Å². The topological polar surface area (TPSA) is 0 Å². The lowest BCUT2D eigenvalue weighted by atomic mass is 10.2. The highest BCUT2D eigenvalue weighted by Crippen LogP contribution is 2.04. The van der Waals surface area contributed by atoms with Crippen LogP contribution in [0, 0.1) is 0 Å². The first-order valence-electron chi connectivity index (χ1n) is 0.967. The van der Waals surface area contributed by atoms with Gasteiger partial charge in [0.15, 0.2) is 0 Å². The second-order valence-electron chi connectivity index (χ2n) is 0.325. The standard InChI is InChI=1S/CH3BIS/c1-2-4-3/h1H3.